The Bertz CT molecular complexity index is 502. The van der Waals surface area contributed by atoms with Crippen molar-refractivity contribution in [3.05, 3.63) is 33.8 Å². The molecule has 116 valence electrons. The SMILES string of the molecule is CCN(CC)C(=O)CCNCc1ccc(C(=O)O)cc1Br. The van der Waals surface area contributed by atoms with Gasteiger partial charge in [0, 0.05) is 37.1 Å². The van der Waals surface area contributed by atoms with Crippen molar-refractivity contribution < 1.29 is 14.7 Å². The molecule has 0 spiro atoms. The number of hydrogen-bond acceptors (Lipinski definition) is 3. The lowest BCUT2D eigenvalue weighted by atomic mass is 10.1. The third-order valence-electron chi connectivity index (χ3n) is 3.25. The Kier molecular flexibility index (Phi) is 7.39. The number of carbonyl (C=O) groups excluding carboxylic acids is 1. The molecule has 0 radical (unpaired) electrons. The molecule has 0 aliphatic rings. The Morgan fingerprint density at radius 2 is 1.95 bits per heavy atom. The Hall–Kier alpha value is -1.40. The zero-order valence-electron chi connectivity index (χ0n) is 12.4. The first-order chi connectivity index (χ1) is 9.99. The van der Waals surface area contributed by atoms with Gasteiger partial charge < -0.3 is 15.3 Å². The highest BCUT2D eigenvalue weighted by molar-refractivity contribution is 9.10. The fourth-order valence-corrected chi connectivity index (χ4v) is 2.50. The van der Waals surface area contributed by atoms with E-state index in [-0.39, 0.29) is 11.5 Å². The second-order valence-electron chi connectivity index (χ2n) is 4.60. The summed E-state index contributed by atoms with van der Waals surface area (Å²) in [5.41, 5.74) is 1.22. The van der Waals surface area contributed by atoms with Gasteiger partial charge in [-0.05, 0) is 31.5 Å². The van der Waals surface area contributed by atoms with Gasteiger partial charge in [0.25, 0.3) is 0 Å². The fraction of sp³-hybridized carbons (Fsp3) is 0.467. The van der Waals surface area contributed by atoms with Crippen LogP contribution in [0.15, 0.2) is 22.7 Å². The van der Waals surface area contributed by atoms with Gasteiger partial charge in [-0.1, -0.05) is 22.0 Å². The van der Waals surface area contributed by atoms with Crippen molar-refractivity contribution in [3.63, 3.8) is 0 Å². The molecule has 1 aromatic rings. The highest BCUT2D eigenvalue weighted by atomic mass is 79.9. The number of aromatic carboxylic acids is 1. The average Bonchev–Trinajstić information content (AvgIpc) is 2.46. The van der Waals surface area contributed by atoms with Crippen molar-refractivity contribution >= 4 is 27.8 Å². The van der Waals surface area contributed by atoms with E-state index in [1.165, 1.54) is 0 Å². The second-order valence-corrected chi connectivity index (χ2v) is 5.46. The predicted octanol–water partition coefficient (Wildman–Crippen LogP) is 2.50. The summed E-state index contributed by atoms with van der Waals surface area (Å²) in [5.74, 6) is -0.798. The van der Waals surface area contributed by atoms with Crippen LogP contribution in [0.3, 0.4) is 0 Å². The minimum atomic E-state index is -0.944. The lowest BCUT2D eigenvalue weighted by molar-refractivity contribution is -0.130. The number of carbonyl (C=O) groups is 2. The van der Waals surface area contributed by atoms with Crippen LogP contribution in [0.25, 0.3) is 0 Å². The Labute approximate surface area is 133 Å². The predicted molar refractivity (Wildman–Crippen MR) is 85.4 cm³/mol. The van der Waals surface area contributed by atoms with E-state index >= 15 is 0 Å². The molecular formula is C15H21BrN2O3. The van der Waals surface area contributed by atoms with Gasteiger partial charge in [-0.2, -0.15) is 0 Å². The second kappa shape index (κ2) is 8.79. The molecule has 0 bridgehead atoms. The molecule has 0 unspecified atom stereocenters. The van der Waals surface area contributed by atoms with Crippen molar-refractivity contribution in [3.8, 4) is 0 Å². The highest BCUT2D eigenvalue weighted by Gasteiger charge is 2.09. The molecule has 1 amide bonds. The molecule has 0 fully saturated rings. The first-order valence-electron chi connectivity index (χ1n) is 6.99. The Morgan fingerprint density at radius 3 is 2.48 bits per heavy atom. The van der Waals surface area contributed by atoms with E-state index < -0.39 is 5.97 Å². The summed E-state index contributed by atoms with van der Waals surface area (Å²) in [6, 6.07) is 4.93. The van der Waals surface area contributed by atoms with E-state index in [1.54, 1.807) is 23.1 Å². The van der Waals surface area contributed by atoms with Crippen LogP contribution in [0, 0.1) is 0 Å². The number of halogens is 1. The van der Waals surface area contributed by atoms with Crippen LogP contribution in [0.2, 0.25) is 0 Å². The molecule has 0 heterocycles. The van der Waals surface area contributed by atoms with Crippen LogP contribution in [0.5, 0.6) is 0 Å². The van der Waals surface area contributed by atoms with Crippen LogP contribution in [0.4, 0.5) is 0 Å². The van der Waals surface area contributed by atoms with Gasteiger partial charge >= 0.3 is 5.97 Å². The van der Waals surface area contributed by atoms with Crippen LogP contribution in [-0.4, -0.2) is 41.5 Å². The molecule has 1 rings (SSSR count). The van der Waals surface area contributed by atoms with Gasteiger partial charge in [0.15, 0.2) is 0 Å². The number of hydrogen-bond donors (Lipinski definition) is 2. The first kappa shape index (κ1) is 17.7. The smallest absolute Gasteiger partial charge is 0.335 e. The van der Waals surface area contributed by atoms with Crippen molar-refractivity contribution in [1.82, 2.24) is 10.2 Å². The molecule has 2 N–H and O–H groups in total. The number of carboxylic acids is 1. The topological polar surface area (TPSA) is 69.6 Å². The third kappa shape index (κ3) is 5.47. The maximum absolute atomic E-state index is 11.8. The van der Waals surface area contributed by atoms with E-state index in [9.17, 15) is 9.59 Å². The van der Waals surface area contributed by atoms with E-state index in [0.29, 0.717) is 19.5 Å². The van der Waals surface area contributed by atoms with E-state index in [1.807, 2.05) is 13.8 Å². The summed E-state index contributed by atoms with van der Waals surface area (Å²) in [4.78, 5) is 24.5. The van der Waals surface area contributed by atoms with Crippen LogP contribution in [-0.2, 0) is 11.3 Å². The Balaban J connectivity index is 2.43. The summed E-state index contributed by atoms with van der Waals surface area (Å²) in [5, 5.41) is 12.1. The van der Waals surface area contributed by atoms with Gasteiger partial charge in [-0.15, -0.1) is 0 Å². The minimum Gasteiger partial charge on any atom is -0.478 e. The summed E-state index contributed by atoms with van der Waals surface area (Å²) >= 11 is 3.36. The van der Waals surface area contributed by atoms with Crippen LogP contribution >= 0.6 is 15.9 Å². The fourth-order valence-electron chi connectivity index (χ4n) is 1.98. The summed E-state index contributed by atoms with van der Waals surface area (Å²) in [7, 11) is 0. The standard InChI is InChI=1S/C15H21BrN2O3/c1-3-18(4-2)14(19)7-8-17-10-12-6-5-11(15(20)21)9-13(12)16/h5-6,9,17H,3-4,7-8,10H2,1-2H3,(H,20,21). The zero-order chi connectivity index (χ0) is 15.8. The molecule has 5 nitrogen and oxygen atoms in total. The molecule has 0 saturated heterocycles. The molecule has 1 aromatic carbocycles. The molecule has 21 heavy (non-hydrogen) atoms. The quantitative estimate of drug-likeness (QED) is 0.702. The Morgan fingerprint density at radius 1 is 1.29 bits per heavy atom. The summed E-state index contributed by atoms with van der Waals surface area (Å²) in [6.07, 6.45) is 0.465. The van der Waals surface area contributed by atoms with Gasteiger partial charge in [-0.25, -0.2) is 4.79 Å². The minimum absolute atomic E-state index is 0.146. The van der Waals surface area contributed by atoms with E-state index in [2.05, 4.69) is 21.2 Å². The normalized spacial score (nSPS) is 10.4. The molecule has 0 aromatic heterocycles. The number of amides is 1. The van der Waals surface area contributed by atoms with Crippen molar-refractivity contribution in [1.29, 1.82) is 0 Å². The largest absolute Gasteiger partial charge is 0.478 e. The maximum Gasteiger partial charge on any atom is 0.335 e. The van der Waals surface area contributed by atoms with Crippen LogP contribution in [0.1, 0.15) is 36.2 Å². The van der Waals surface area contributed by atoms with Crippen molar-refractivity contribution in [2.45, 2.75) is 26.8 Å². The van der Waals surface area contributed by atoms with Gasteiger partial charge in [0.1, 0.15) is 0 Å². The maximum atomic E-state index is 11.8. The monoisotopic (exact) mass is 356 g/mol. The zero-order valence-corrected chi connectivity index (χ0v) is 13.9. The van der Waals surface area contributed by atoms with E-state index in [0.717, 1.165) is 23.1 Å². The van der Waals surface area contributed by atoms with Crippen molar-refractivity contribution in [2.75, 3.05) is 19.6 Å². The van der Waals surface area contributed by atoms with Crippen LogP contribution < -0.4 is 5.32 Å². The third-order valence-corrected chi connectivity index (χ3v) is 3.99. The molecular weight excluding hydrogens is 336 g/mol. The lowest BCUT2D eigenvalue weighted by Gasteiger charge is -2.18. The summed E-state index contributed by atoms with van der Waals surface area (Å²) in [6.45, 7) is 6.59. The van der Waals surface area contributed by atoms with E-state index in [4.69, 9.17) is 5.11 Å². The van der Waals surface area contributed by atoms with Gasteiger partial charge in [0.2, 0.25) is 5.91 Å². The lowest BCUT2D eigenvalue weighted by Crippen LogP contribution is -2.32. The number of nitrogens with zero attached hydrogens (tertiary/aromatic N) is 1. The number of nitrogens with one attached hydrogen (secondary N) is 1. The van der Waals surface area contributed by atoms with Gasteiger partial charge in [-0.3, -0.25) is 4.79 Å². The number of benzene rings is 1. The molecule has 0 saturated carbocycles. The summed E-state index contributed by atoms with van der Waals surface area (Å²) < 4.78 is 0.755. The van der Waals surface area contributed by atoms with Crippen molar-refractivity contribution in [2.24, 2.45) is 0 Å². The molecule has 0 atom stereocenters. The highest BCUT2D eigenvalue weighted by Crippen LogP contribution is 2.18. The number of carboxylic acid groups (broad SMARTS) is 1. The first-order valence-corrected chi connectivity index (χ1v) is 7.79. The average molecular weight is 357 g/mol. The van der Waals surface area contributed by atoms with Gasteiger partial charge in [0.05, 0.1) is 5.56 Å². The molecule has 0 aliphatic heterocycles. The molecule has 6 heteroatoms. The molecule has 0 aliphatic carbocycles. The number of rotatable bonds is 8.